The third kappa shape index (κ3) is 4.83. The Kier molecular flexibility index (Phi) is 5.41. The number of carbonyl (C=O) groups is 1. The average Bonchev–Trinajstić information content (AvgIpc) is 3.04. The molecular formula is C20H21N3O3S. The lowest BCUT2D eigenvalue weighted by molar-refractivity contribution is 0.0951. The number of nitrogens with zero attached hydrogens (tertiary/aromatic N) is 2. The van der Waals surface area contributed by atoms with Gasteiger partial charge in [-0.05, 0) is 42.3 Å². The van der Waals surface area contributed by atoms with Gasteiger partial charge in [0.25, 0.3) is 5.91 Å². The van der Waals surface area contributed by atoms with Gasteiger partial charge in [0.15, 0.2) is 9.84 Å². The molecule has 0 aliphatic rings. The van der Waals surface area contributed by atoms with E-state index < -0.39 is 9.84 Å². The lowest BCUT2D eigenvalue weighted by atomic mass is 10.1. The Morgan fingerprint density at radius 1 is 1.11 bits per heavy atom. The van der Waals surface area contributed by atoms with Gasteiger partial charge in [0.2, 0.25) is 0 Å². The van der Waals surface area contributed by atoms with E-state index in [-0.39, 0.29) is 10.8 Å². The predicted octanol–water partition coefficient (Wildman–Crippen LogP) is 2.57. The number of imidazole rings is 1. The largest absolute Gasteiger partial charge is 0.348 e. The number of benzene rings is 2. The fraction of sp³-hybridized carbons (Fsp3) is 0.200. The Morgan fingerprint density at radius 3 is 2.44 bits per heavy atom. The van der Waals surface area contributed by atoms with Crippen molar-refractivity contribution in [3.05, 3.63) is 83.4 Å². The van der Waals surface area contributed by atoms with Gasteiger partial charge in [0.1, 0.15) is 5.82 Å². The van der Waals surface area contributed by atoms with E-state index >= 15 is 0 Å². The lowest BCUT2D eigenvalue weighted by Crippen LogP contribution is -2.22. The predicted molar refractivity (Wildman–Crippen MR) is 103 cm³/mol. The van der Waals surface area contributed by atoms with Crippen molar-refractivity contribution in [3.63, 3.8) is 0 Å². The first-order valence-corrected chi connectivity index (χ1v) is 10.4. The molecule has 1 aromatic heterocycles. The molecular weight excluding hydrogens is 362 g/mol. The Morgan fingerprint density at radius 2 is 1.81 bits per heavy atom. The van der Waals surface area contributed by atoms with Crippen molar-refractivity contribution in [2.24, 2.45) is 0 Å². The molecule has 0 fully saturated rings. The van der Waals surface area contributed by atoms with Crippen molar-refractivity contribution >= 4 is 15.7 Å². The Hall–Kier alpha value is -2.93. The molecule has 1 N–H and O–H groups in total. The first-order chi connectivity index (χ1) is 12.8. The minimum atomic E-state index is -3.27. The van der Waals surface area contributed by atoms with Gasteiger partial charge in [-0.15, -0.1) is 0 Å². The van der Waals surface area contributed by atoms with E-state index in [1.165, 1.54) is 24.3 Å². The number of sulfone groups is 1. The topological polar surface area (TPSA) is 81.1 Å². The molecule has 0 bridgehead atoms. The summed E-state index contributed by atoms with van der Waals surface area (Å²) in [6.45, 7) is 3.07. The van der Waals surface area contributed by atoms with Crippen LogP contribution in [0.15, 0.2) is 65.8 Å². The normalized spacial score (nSPS) is 11.3. The van der Waals surface area contributed by atoms with Gasteiger partial charge < -0.3 is 9.88 Å². The smallest absolute Gasteiger partial charge is 0.251 e. The van der Waals surface area contributed by atoms with Crippen LogP contribution in [0.5, 0.6) is 0 Å². The summed E-state index contributed by atoms with van der Waals surface area (Å²) in [7, 11) is -3.27. The van der Waals surface area contributed by atoms with Gasteiger partial charge in [-0.25, -0.2) is 13.4 Å². The molecule has 140 valence electrons. The molecule has 3 aromatic rings. The van der Waals surface area contributed by atoms with Crippen molar-refractivity contribution < 1.29 is 13.2 Å². The van der Waals surface area contributed by atoms with Crippen LogP contribution >= 0.6 is 0 Å². The summed E-state index contributed by atoms with van der Waals surface area (Å²) < 4.78 is 25.0. The highest BCUT2D eigenvalue weighted by Crippen LogP contribution is 2.12. The zero-order valence-electron chi connectivity index (χ0n) is 15.2. The standard InChI is InChI=1S/C20H21N3O3S/c1-15-21-10-11-23(15)14-17-5-3-4-16(12-17)13-22-20(24)18-6-8-19(9-7-18)27(2,25)26/h3-12H,13-14H2,1-2H3,(H,22,24). The third-order valence-corrected chi connectivity index (χ3v) is 5.39. The van der Waals surface area contributed by atoms with Crippen molar-refractivity contribution in [1.82, 2.24) is 14.9 Å². The minimum absolute atomic E-state index is 0.196. The van der Waals surface area contributed by atoms with Gasteiger partial charge >= 0.3 is 0 Å². The molecule has 0 aliphatic carbocycles. The maximum absolute atomic E-state index is 12.3. The van der Waals surface area contributed by atoms with E-state index in [4.69, 9.17) is 0 Å². The highest BCUT2D eigenvalue weighted by Gasteiger charge is 2.10. The summed E-state index contributed by atoms with van der Waals surface area (Å²) >= 11 is 0. The monoisotopic (exact) mass is 383 g/mol. The molecule has 6 nitrogen and oxygen atoms in total. The molecule has 0 saturated carbocycles. The number of nitrogens with one attached hydrogen (secondary N) is 1. The van der Waals surface area contributed by atoms with Crippen LogP contribution in [0, 0.1) is 6.92 Å². The quantitative estimate of drug-likeness (QED) is 0.709. The van der Waals surface area contributed by atoms with Gasteiger partial charge in [0.05, 0.1) is 4.90 Å². The van der Waals surface area contributed by atoms with Crippen LogP contribution in [0.2, 0.25) is 0 Å². The highest BCUT2D eigenvalue weighted by atomic mass is 32.2. The summed E-state index contributed by atoms with van der Waals surface area (Å²) in [5, 5.41) is 2.86. The number of aryl methyl sites for hydroxylation is 1. The maximum atomic E-state index is 12.3. The van der Waals surface area contributed by atoms with Crippen LogP contribution in [0.1, 0.15) is 27.3 Å². The van der Waals surface area contributed by atoms with E-state index in [9.17, 15) is 13.2 Å². The zero-order valence-corrected chi connectivity index (χ0v) is 16.0. The van der Waals surface area contributed by atoms with Crippen LogP contribution in [-0.2, 0) is 22.9 Å². The first kappa shape index (κ1) is 18.8. The highest BCUT2D eigenvalue weighted by molar-refractivity contribution is 7.90. The number of hydrogen-bond acceptors (Lipinski definition) is 4. The van der Waals surface area contributed by atoms with Gasteiger partial charge in [-0.2, -0.15) is 0 Å². The molecule has 0 radical (unpaired) electrons. The number of hydrogen-bond donors (Lipinski definition) is 1. The van der Waals surface area contributed by atoms with E-state index in [1.54, 1.807) is 6.20 Å². The Bertz CT molecular complexity index is 1050. The summed E-state index contributed by atoms with van der Waals surface area (Å²) in [5.41, 5.74) is 2.54. The minimum Gasteiger partial charge on any atom is -0.348 e. The summed E-state index contributed by atoms with van der Waals surface area (Å²) in [6, 6.07) is 13.9. The molecule has 2 aromatic carbocycles. The molecule has 1 heterocycles. The SMILES string of the molecule is Cc1nccn1Cc1cccc(CNC(=O)c2ccc(S(C)(=O)=O)cc2)c1. The van der Waals surface area contributed by atoms with Crippen LogP contribution in [0.25, 0.3) is 0 Å². The second-order valence-electron chi connectivity index (χ2n) is 6.40. The number of carbonyl (C=O) groups excluding carboxylic acids is 1. The van der Waals surface area contributed by atoms with Gasteiger partial charge in [0, 0.05) is 37.3 Å². The summed E-state index contributed by atoms with van der Waals surface area (Å²) in [5.74, 6) is 0.706. The number of amides is 1. The van der Waals surface area contributed by atoms with Crippen LogP contribution in [0.3, 0.4) is 0 Å². The van der Waals surface area contributed by atoms with Crippen molar-refractivity contribution in [2.45, 2.75) is 24.9 Å². The van der Waals surface area contributed by atoms with Crippen molar-refractivity contribution in [2.75, 3.05) is 6.26 Å². The lowest BCUT2D eigenvalue weighted by Gasteiger charge is -2.09. The van der Waals surface area contributed by atoms with E-state index in [0.717, 1.165) is 29.8 Å². The second-order valence-corrected chi connectivity index (χ2v) is 8.42. The molecule has 0 aliphatic heterocycles. The second kappa shape index (κ2) is 7.75. The molecule has 1 amide bonds. The average molecular weight is 383 g/mol. The molecule has 0 unspecified atom stereocenters. The maximum Gasteiger partial charge on any atom is 0.251 e. The van der Waals surface area contributed by atoms with Gasteiger partial charge in [-0.1, -0.05) is 24.3 Å². The summed E-state index contributed by atoms with van der Waals surface area (Å²) in [6.07, 6.45) is 4.85. The molecule has 0 spiro atoms. The number of rotatable bonds is 6. The van der Waals surface area contributed by atoms with E-state index in [0.29, 0.717) is 12.1 Å². The molecule has 7 heteroatoms. The molecule has 3 rings (SSSR count). The van der Waals surface area contributed by atoms with E-state index in [1.807, 2.05) is 37.4 Å². The molecule has 0 saturated heterocycles. The van der Waals surface area contributed by atoms with Crippen LogP contribution in [0.4, 0.5) is 0 Å². The van der Waals surface area contributed by atoms with Crippen LogP contribution < -0.4 is 5.32 Å². The van der Waals surface area contributed by atoms with Crippen molar-refractivity contribution in [3.8, 4) is 0 Å². The van der Waals surface area contributed by atoms with Gasteiger partial charge in [-0.3, -0.25) is 4.79 Å². The fourth-order valence-electron chi connectivity index (χ4n) is 2.74. The van der Waals surface area contributed by atoms with E-state index in [2.05, 4.69) is 14.9 Å². The molecule has 0 atom stereocenters. The molecule has 27 heavy (non-hydrogen) atoms. The third-order valence-electron chi connectivity index (χ3n) is 4.27. The summed E-state index contributed by atoms with van der Waals surface area (Å²) in [4.78, 5) is 16.7. The van der Waals surface area contributed by atoms with Crippen molar-refractivity contribution in [1.29, 1.82) is 0 Å². The number of aromatic nitrogens is 2. The Labute approximate surface area is 158 Å². The first-order valence-electron chi connectivity index (χ1n) is 8.47. The van der Waals surface area contributed by atoms with Crippen LogP contribution in [-0.4, -0.2) is 30.1 Å². The fourth-order valence-corrected chi connectivity index (χ4v) is 3.37. The Balaban J connectivity index is 1.63. The zero-order chi connectivity index (χ0) is 19.4.